The minimum Gasteiger partial charge on any atom is -0.391 e. The molecule has 1 aliphatic carbocycles. The largest absolute Gasteiger partial charge is 0.391 e. The SMILES string of the molecule is CSc1cccc(NC2CCCCCC2O)c1C(N)=S. The summed E-state index contributed by atoms with van der Waals surface area (Å²) in [6, 6.07) is 6.10. The van der Waals surface area contributed by atoms with Crippen molar-refractivity contribution in [3.05, 3.63) is 23.8 Å². The van der Waals surface area contributed by atoms with E-state index in [2.05, 4.69) is 5.32 Å². The Morgan fingerprint density at radius 1 is 1.35 bits per heavy atom. The van der Waals surface area contributed by atoms with Gasteiger partial charge in [-0.25, -0.2) is 0 Å². The maximum Gasteiger partial charge on any atom is 0.107 e. The van der Waals surface area contributed by atoms with Crippen LogP contribution < -0.4 is 11.1 Å². The fraction of sp³-hybridized carbons (Fsp3) is 0.533. The van der Waals surface area contributed by atoms with E-state index in [1.165, 1.54) is 6.42 Å². The average Bonchev–Trinajstić information content (AvgIpc) is 2.63. The van der Waals surface area contributed by atoms with E-state index < -0.39 is 0 Å². The van der Waals surface area contributed by atoms with Gasteiger partial charge in [-0.3, -0.25) is 0 Å². The van der Waals surface area contributed by atoms with Crippen LogP contribution in [0.1, 0.15) is 37.7 Å². The first-order valence-electron chi connectivity index (χ1n) is 7.05. The number of hydrogen-bond donors (Lipinski definition) is 3. The number of aliphatic hydroxyl groups excluding tert-OH is 1. The number of benzene rings is 1. The van der Waals surface area contributed by atoms with Crippen LogP contribution in [-0.2, 0) is 0 Å². The zero-order valence-corrected chi connectivity index (χ0v) is 13.4. The quantitative estimate of drug-likeness (QED) is 0.453. The minimum atomic E-state index is -0.297. The molecule has 0 radical (unpaired) electrons. The van der Waals surface area contributed by atoms with Gasteiger partial charge in [-0.05, 0) is 31.2 Å². The van der Waals surface area contributed by atoms with Crippen LogP contribution in [0.4, 0.5) is 5.69 Å². The highest BCUT2D eigenvalue weighted by Crippen LogP contribution is 2.29. The van der Waals surface area contributed by atoms with Gasteiger partial charge < -0.3 is 16.2 Å². The van der Waals surface area contributed by atoms with Gasteiger partial charge in [-0.2, -0.15) is 0 Å². The number of thioether (sulfide) groups is 1. The van der Waals surface area contributed by atoms with Gasteiger partial charge in [-0.15, -0.1) is 11.8 Å². The Morgan fingerprint density at radius 2 is 2.10 bits per heavy atom. The van der Waals surface area contributed by atoms with Crippen molar-refractivity contribution in [3.8, 4) is 0 Å². The second kappa shape index (κ2) is 7.29. The van der Waals surface area contributed by atoms with Crippen molar-refractivity contribution < 1.29 is 5.11 Å². The van der Waals surface area contributed by atoms with Crippen molar-refractivity contribution in [2.75, 3.05) is 11.6 Å². The first kappa shape index (κ1) is 15.6. The van der Waals surface area contributed by atoms with E-state index in [1.807, 2.05) is 24.5 Å². The molecule has 1 fully saturated rings. The fourth-order valence-corrected chi connectivity index (χ4v) is 3.66. The topological polar surface area (TPSA) is 58.3 Å². The van der Waals surface area contributed by atoms with E-state index in [-0.39, 0.29) is 12.1 Å². The van der Waals surface area contributed by atoms with Crippen LogP contribution in [0.25, 0.3) is 0 Å². The van der Waals surface area contributed by atoms with Crippen molar-refractivity contribution in [1.29, 1.82) is 0 Å². The summed E-state index contributed by atoms with van der Waals surface area (Å²) in [7, 11) is 0. The molecule has 20 heavy (non-hydrogen) atoms. The molecule has 1 aliphatic rings. The molecule has 3 nitrogen and oxygen atoms in total. The maximum atomic E-state index is 10.2. The third kappa shape index (κ3) is 3.65. The molecule has 0 saturated heterocycles. The number of rotatable bonds is 4. The molecule has 2 atom stereocenters. The van der Waals surface area contributed by atoms with Crippen molar-refractivity contribution in [2.45, 2.75) is 49.1 Å². The monoisotopic (exact) mass is 310 g/mol. The Kier molecular flexibility index (Phi) is 5.69. The predicted octanol–water partition coefficient (Wildman–Crippen LogP) is 3.15. The smallest absolute Gasteiger partial charge is 0.107 e. The lowest BCUT2D eigenvalue weighted by atomic mass is 10.0. The van der Waals surface area contributed by atoms with E-state index in [9.17, 15) is 5.11 Å². The van der Waals surface area contributed by atoms with Gasteiger partial charge >= 0.3 is 0 Å². The van der Waals surface area contributed by atoms with E-state index in [0.29, 0.717) is 4.99 Å². The van der Waals surface area contributed by atoms with Gasteiger partial charge in [0.05, 0.1) is 12.1 Å². The lowest BCUT2D eigenvalue weighted by Crippen LogP contribution is -2.33. The molecule has 0 aliphatic heterocycles. The molecule has 1 aromatic rings. The Morgan fingerprint density at radius 3 is 2.80 bits per heavy atom. The molecule has 5 heteroatoms. The second-order valence-corrected chi connectivity index (χ2v) is 6.49. The number of nitrogens with two attached hydrogens (primary N) is 1. The first-order chi connectivity index (χ1) is 9.63. The summed E-state index contributed by atoms with van der Waals surface area (Å²) < 4.78 is 0. The average molecular weight is 310 g/mol. The van der Waals surface area contributed by atoms with Crippen LogP contribution in [0, 0.1) is 0 Å². The predicted molar refractivity (Wildman–Crippen MR) is 90.6 cm³/mol. The highest BCUT2D eigenvalue weighted by Gasteiger charge is 2.23. The molecule has 2 unspecified atom stereocenters. The van der Waals surface area contributed by atoms with Crippen LogP contribution in [-0.4, -0.2) is 28.5 Å². The molecule has 1 saturated carbocycles. The lowest BCUT2D eigenvalue weighted by molar-refractivity contribution is 0.144. The summed E-state index contributed by atoms with van der Waals surface area (Å²) in [5.74, 6) is 0. The summed E-state index contributed by atoms with van der Waals surface area (Å²) in [4.78, 5) is 1.48. The van der Waals surface area contributed by atoms with Gasteiger partial charge in [-0.1, -0.05) is 37.5 Å². The van der Waals surface area contributed by atoms with E-state index in [0.717, 1.165) is 41.8 Å². The third-order valence-corrected chi connectivity index (χ3v) is 4.80. The number of aliphatic hydroxyl groups is 1. The summed E-state index contributed by atoms with van der Waals surface area (Å²) in [6.07, 6.45) is 7.02. The van der Waals surface area contributed by atoms with Gasteiger partial charge in [0.15, 0.2) is 0 Å². The maximum absolute atomic E-state index is 10.2. The normalized spacial score (nSPS) is 23.1. The Balaban J connectivity index is 2.25. The van der Waals surface area contributed by atoms with E-state index in [4.69, 9.17) is 18.0 Å². The number of thiocarbonyl (C=S) groups is 1. The molecule has 4 N–H and O–H groups in total. The van der Waals surface area contributed by atoms with Gasteiger partial charge in [0.1, 0.15) is 4.99 Å². The minimum absolute atomic E-state index is 0.0858. The Labute approximate surface area is 130 Å². The van der Waals surface area contributed by atoms with Crippen molar-refractivity contribution >= 4 is 34.7 Å². The van der Waals surface area contributed by atoms with Crippen molar-refractivity contribution in [1.82, 2.24) is 0 Å². The fourth-order valence-electron chi connectivity index (χ4n) is 2.73. The van der Waals surface area contributed by atoms with Gasteiger partial charge in [0, 0.05) is 16.1 Å². The number of nitrogens with one attached hydrogen (secondary N) is 1. The molecular formula is C15H22N2OS2. The Bertz CT molecular complexity index is 479. The second-order valence-electron chi connectivity index (χ2n) is 5.20. The third-order valence-electron chi connectivity index (χ3n) is 3.81. The van der Waals surface area contributed by atoms with Crippen LogP contribution >= 0.6 is 24.0 Å². The highest BCUT2D eigenvalue weighted by atomic mass is 32.2. The van der Waals surface area contributed by atoms with Gasteiger partial charge in [0.2, 0.25) is 0 Å². The standard InChI is InChI=1S/C15H22N2OS2/c1-20-13-9-5-7-11(14(13)15(16)19)17-10-6-3-2-4-8-12(10)18/h5,7,9-10,12,17-18H,2-4,6,8H2,1H3,(H2,16,19). The molecular weight excluding hydrogens is 288 g/mol. The van der Waals surface area contributed by atoms with Crippen molar-refractivity contribution in [3.63, 3.8) is 0 Å². The molecule has 0 bridgehead atoms. The first-order valence-corrected chi connectivity index (χ1v) is 8.68. The summed E-state index contributed by atoms with van der Waals surface area (Å²) >= 11 is 6.82. The van der Waals surface area contributed by atoms with E-state index >= 15 is 0 Å². The van der Waals surface area contributed by atoms with Crippen LogP contribution in [0.15, 0.2) is 23.1 Å². The highest BCUT2D eigenvalue weighted by molar-refractivity contribution is 7.98. The number of anilines is 1. The molecule has 0 spiro atoms. The summed E-state index contributed by atoms with van der Waals surface area (Å²) in [6.45, 7) is 0. The molecule has 110 valence electrons. The zero-order valence-electron chi connectivity index (χ0n) is 11.8. The molecule has 0 aromatic heterocycles. The van der Waals surface area contributed by atoms with Crippen LogP contribution in [0.5, 0.6) is 0 Å². The van der Waals surface area contributed by atoms with Crippen LogP contribution in [0.3, 0.4) is 0 Å². The Hall–Kier alpha value is -0.780. The molecule has 0 heterocycles. The zero-order chi connectivity index (χ0) is 14.5. The van der Waals surface area contributed by atoms with Crippen LogP contribution in [0.2, 0.25) is 0 Å². The number of hydrogen-bond acceptors (Lipinski definition) is 4. The molecule has 1 aromatic carbocycles. The molecule has 0 amide bonds. The van der Waals surface area contributed by atoms with Gasteiger partial charge in [0.25, 0.3) is 0 Å². The summed E-state index contributed by atoms with van der Waals surface area (Å²) in [5.41, 5.74) is 7.71. The van der Waals surface area contributed by atoms with E-state index in [1.54, 1.807) is 11.8 Å². The lowest BCUT2D eigenvalue weighted by Gasteiger charge is -2.25. The molecule has 2 rings (SSSR count). The summed E-state index contributed by atoms with van der Waals surface area (Å²) in [5, 5.41) is 13.7. The van der Waals surface area contributed by atoms with Crippen molar-refractivity contribution in [2.24, 2.45) is 5.73 Å².